The van der Waals surface area contributed by atoms with Gasteiger partial charge in [0, 0.05) is 30.6 Å². The summed E-state index contributed by atoms with van der Waals surface area (Å²) in [6.07, 6.45) is 0.207. The number of hydrogen-bond acceptors (Lipinski definition) is 3. The number of nitrogens with zero attached hydrogens (tertiary/aromatic N) is 1. The molecule has 1 aromatic heterocycles. The van der Waals surface area contributed by atoms with Gasteiger partial charge in [-0.2, -0.15) is 0 Å². The number of nitrogens with one attached hydrogen (secondary N) is 1. The van der Waals surface area contributed by atoms with E-state index in [0.29, 0.717) is 22.7 Å². The fraction of sp³-hybridized carbons (Fsp3) is 0.263. The summed E-state index contributed by atoms with van der Waals surface area (Å²) in [4.78, 5) is 24.0. The number of hydrogen-bond donors (Lipinski definition) is 1. The van der Waals surface area contributed by atoms with E-state index < -0.39 is 5.76 Å². The molecule has 1 atom stereocenters. The molecule has 130 valence electrons. The lowest BCUT2D eigenvalue weighted by Gasteiger charge is -2.13. The zero-order valence-corrected chi connectivity index (χ0v) is 14.6. The molecule has 3 rings (SSSR count). The van der Waals surface area contributed by atoms with Crippen LogP contribution in [-0.4, -0.2) is 17.0 Å². The summed E-state index contributed by atoms with van der Waals surface area (Å²) in [6.45, 7) is 2.88. The van der Waals surface area contributed by atoms with Crippen LogP contribution in [0.2, 0.25) is 5.02 Å². The Hall–Kier alpha value is -2.53. The third-order valence-electron chi connectivity index (χ3n) is 4.17. The molecule has 0 aliphatic rings. The number of halogens is 1. The number of oxazole rings is 1. The molecule has 1 amide bonds. The van der Waals surface area contributed by atoms with Gasteiger partial charge in [0.25, 0.3) is 0 Å². The summed E-state index contributed by atoms with van der Waals surface area (Å²) in [5.74, 6) is -0.356. The molecule has 0 spiro atoms. The first kappa shape index (κ1) is 17.3. The molecule has 1 heterocycles. The number of benzene rings is 2. The molecule has 2 aromatic carbocycles. The van der Waals surface area contributed by atoms with Crippen molar-refractivity contribution in [1.82, 2.24) is 9.88 Å². The number of carbonyl (C=O) groups is 1. The largest absolute Gasteiger partial charge is 0.419 e. The first-order valence-corrected chi connectivity index (χ1v) is 8.53. The number of aromatic nitrogens is 1. The van der Waals surface area contributed by atoms with Crippen LogP contribution in [0.3, 0.4) is 0 Å². The summed E-state index contributed by atoms with van der Waals surface area (Å²) in [6, 6.07) is 15.0. The number of aryl methyl sites for hydroxylation is 1. The van der Waals surface area contributed by atoms with Crippen molar-refractivity contribution in [2.24, 2.45) is 0 Å². The van der Waals surface area contributed by atoms with Gasteiger partial charge in [0.1, 0.15) is 0 Å². The highest BCUT2D eigenvalue weighted by atomic mass is 35.5. The average Bonchev–Trinajstić information content (AvgIpc) is 2.92. The number of fused-ring (bicyclic) bond motifs is 1. The SMILES string of the molecule is C[C@@H](CNC(=O)CCn1c(=O)oc2cc(Cl)ccc21)c1ccccc1. The lowest BCUT2D eigenvalue weighted by molar-refractivity contribution is -0.121. The molecule has 0 fully saturated rings. The molecule has 25 heavy (non-hydrogen) atoms. The molecule has 0 aliphatic heterocycles. The van der Waals surface area contributed by atoms with Crippen LogP contribution in [0.25, 0.3) is 11.1 Å². The Balaban J connectivity index is 1.58. The summed E-state index contributed by atoms with van der Waals surface area (Å²) >= 11 is 5.89. The fourth-order valence-electron chi connectivity index (χ4n) is 2.72. The summed E-state index contributed by atoms with van der Waals surface area (Å²) in [7, 11) is 0. The molecule has 0 radical (unpaired) electrons. The quantitative estimate of drug-likeness (QED) is 0.732. The second-order valence-electron chi connectivity index (χ2n) is 6.00. The predicted octanol–water partition coefficient (Wildman–Crippen LogP) is 3.56. The standard InChI is InChI=1S/C19H19ClN2O3/c1-13(14-5-3-2-4-6-14)12-21-18(23)9-10-22-16-8-7-15(20)11-17(16)25-19(22)24/h2-8,11,13H,9-10,12H2,1H3,(H,21,23)/t13-/m0/s1. The van der Waals surface area contributed by atoms with Crippen molar-refractivity contribution in [1.29, 1.82) is 0 Å². The fourth-order valence-corrected chi connectivity index (χ4v) is 2.88. The second kappa shape index (κ2) is 7.57. The van der Waals surface area contributed by atoms with E-state index >= 15 is 0 Å². The second-order valence-corrected chi connectivity index (χ2v) is 6.43. The van der Waals surface area contributed by atoms with Gasteiger partial charge in [-0.15, -0.1) is 0 Å². The van der Waals surface area contributed by atoms with Gasteiger partial charge in [-0.3, -0.25) is 9.36 Å². The minimum atomic E-state index is -0.484. The van der Waals surface area contributed by atoms with E-state index in [-0.39, 0.29) is 24.8 Å². The molecule has 1 N–H and O–H groups in total. The molecule has 6 heteroatoms. The smallest absolute Gasteiger partial charge is 0.408 e. The highest BCUT2D eigenvalue weighted by Crippen LogP contribution is 2.18. The Bertz CT molecular complexity index is 931. The molecule has 0 saturated carbocycles. The van der Waals surface area contributed by atoms with Gasteiger partial charge in [0.05, 0.1) is 5.52 Å². The van der Waals surface area contributed by atoms with Gasteiger partial charge < -0.3 is 9.73 Å². The van der Waals surface area contributed by atoms with Crippen LogP contribution in [0, 0.1) is 0 Å². The van der Waals surface area contributed by atoms with Gasteiger partial charge in [-0.25, -0.2) is 4.79 Å². The molecule has 0 unspecified atom stereocenters. The van der Waals surface area contributed by atoms with Crippen LogP contribution in [0.4, 0.5) is 0 Å². The van der Waals surface area contributed by atoms with Crippen LogP contribution >= 0.6 is 11.6 Å². The van der Waals surface area contributed by atoms with E-state index in [1.54, 1.807) is 18.2 Å². The van der Waals surface area contributed by atoms with E-state index in [0.717, 1.165) is 0 Å². The number of amides is 1. The topological polar surface area (TPSA) is 64.2 Å². The van der Waals surface area contributed by atoms with Crippen LogP contribution in [0.5, 0.6) is 0 Å². The van der Waals surface area contributed by atoms with Gasteiger partial charge in [0.2, 0.25) is 5.91 Å². The Morgan fingerprint density at radius 2 is 2.00 bits per heavy atom. The highest BCUT2D eigenvalue weighted by molar-refractivity contribution is 6.31. The maximum absolute atomic E-state index is 12.1. The summed E-state index contributed by atoms with van der Waals surface area (Å²) < 4.78 is 6.61. The van der Waals surface area contributed by atoms with Gasteiger partial charge in [0.15, 0.2) is 5.58 Å². The van der Waals surface area contributed by atoms with Crippen LogP contribution in [-0.2, 0) is 11.3 Å². The van der Waals surface area contributed by atoms with Crippen molar-refractivity contribution in [3.05, 3.63) is 69.7 Å². The first-order valence-electron chi connectivity index (χ1n) is 8.15. The van der Waals surface area contributed by atoms with Crippen molar-refractivity contribution in [2.75, 3.05) is 6.54 Å². The third kappa shape index (κ3) is 4.12. The normalized spacial score (nSPS) is 12.2. The number of carbonyl (C=O) groups excluding carboxylic acids is 1. The van der Waals surface area contributed by atoms with Crippen LogP contribution in [0.15, 0.2) is 57.7 Å². The maximum Gasteiger partial charge on any atom is 0.419 e. The van der Waals surface area contributed by atoms with Gasteiger partial charge in [-0.1, -0.05) is 48.9 Å². The highest BCUT2D eigenvalue weighted by Gasteiger charge is 2.12. The lowest BCUT2D eigenvalue weighted by Crippen LogP contribution is -2.29. The monoisotopic (exact) mass is 358 g/mol. The third-order valence-corrected chi connectivity index (χ3v) is 4.40. The Morgan fingerprint density at radius 1 is 1.24 bits per heavy atom. The minimum absolute atomic E-state index is 0.0991. The molecule has 3 aromatic rings. The van der Waals surface area contributed by atoms with E-state index in [1.807, 2.05) is 30.3 Å². The minimum Gasteiger partial charge on any atom is -0.408 e. The molecule has 0 bridgehead atoms. The summed E-state index contributed by atoms with van der Waals surface area (Å²) in [5, 5.41) is 3.41. The predicted molar refractivity (Wildman–Crippen MR) is 98.0 cm³/mol. The van der Waals surface area contributed by atoms with E-state index in [1.165, 1.54) is 10.1 Å². The van der Waals surface area contributed by atoms with Gasteiger partial charge >= 0.3 is 5.76 Å². The van der Waals surface area contributed by atoms with Crippen molar-refractivity contribution in [3.8, 4) is 0 Å². The Labute approximate surface area is 150 Å². The van der Waals surface area contributed by atoms with Crippen LogP contribution < -0.4 is 11.1 Å². The zero-order valence-electron chi connectivity index (χ0n) is 13.9. The van der Waals surface area contributed by atoms with E-state index in [4.69, 9.17) is 16.0 Å². The Kier molecular flexibility index (Phi) is 5.24. The lowest BCUT2D eigenvalue weighted by atomic mass is 10.0. The van der Waals surface area contributed by atoms with Crippen molar-refractivity contribution in [3.63, 3.8) is 0 Å². The molecular formula is C19H19ClN2O3. The first-order chi connectivity index (χ1) is 12.0. The molecule has 5 nitrogen and oxygen atoms in total. The van der Waals surface area contributed by atoms with Crippen molar-refractivity contribution >= 4 is 28.6 Å². The molecule has 0 saturated heterocycles. The molecule has 0 aliphatic carbocycles. The Morgan fingerprint density at radius 3 is 2.76 bits per heavy atom. The van der Waals surface area contributed by atoms with E-state index in [9.17, 15) is 9.59 Å². The maximum atomic E-state index is 12.1. The van der Waals surface area contributed by atoms with Crippen LogP contribution in [0.1, 0.15) is 24.8 Å². The average molecular weight is 359 g/mol. The van der Waals surface area contributed by atoms with Gasteiger partial charge in [-0.05, 0) is 23.6 Å². The number of rotatable bonds is 6. The van der Waals surface area contributed by atoms with E-state index in [2.05, 4.69) is 12.2 Å². The molecular weight excluding hydrogens is 340 g/mol. The van der Waals surface area contributed by atoms with Crippen molar-refractivity contribution in [2.45, 2.75) is 25.8 Å². The van der Waals surface area contributed by atoms with Crippen molar-refractivity contribution < 1.29 is 9.21 Å². The zero-order chi connectivity index (χ0) is 17.8. The summed E-state index contributed by atoms with van der Waals surface area (Å²) in [5.41, 5.74) is 2.24.